The molecule has 2 amide bonds. The van der Waals surface area contributed by atoms with Crippen LogP contribution in [0.5, 0.6) is 5.75 Å². The van der Waals surface area contributed by atoms with Crippen molar-refractivity contribution in [3.63, 3.8) is 0 Å². The highest BCUT2D eigenvalue weighted by molar-refractivity contribution is 6.00. The van der Waals surface area contributed by atoms with Gasteiger partial charge in [-0.15, -0.1) is 0 Å². The number of rotatable bonds is 6. The lowest BCUT2D eigenvalue weighted by Crippen LogP contribution is -2.45. The Labute approximate surface area is 151 Å². The summed E-state index contributed by atoms with van der Waals surface area (Å²) in [6.45, 7) is 2.41. The minimum Gasteiger partial charge on any atom is -0.479 e. The summed E-state index contributed by atoms with van der Waals surface area (Å²) in [7, 11) is 0. The molecule has 6 heteroatoms. The lowest BCUT2D eigenvalue weighted by Gasteiger charge is -2.32. The average Bonchev–Trinajstić information content (AvgIpc) is 2.62. The summed E-state index contributed by atoms with van der Waals surface area (Å²) in [6.07, 6.45) is 0.177. The van der Waals surface area contributed by atoms with Gasteiger partial charge in [-0.25, -0.2) is 4.39 Å². The van der Waals surface area contributed by atoms with Gasteiger partial charge in [-0.3, -0.25) is 9.59 Å². The molecule has 0 fully saturated rings. The van der Waals surface area contributed by atoms with Crippen LogP contribution in [0.3, 0.4) is 0 Å². The fourth-order valence-electron chi connectivity index (χ4n) is 2.93. The van der Waals surface area contributed by atoms with Crippen LogP contribution < -0.4 is 15.0 Å². The largest absolute Gasteiger partial charge is 0.479 e. The van der Waals surface area contributed by atoms with Crippen molar-refractivity contribution in [2.24, 2.45) is 0 Å². The SMILES string of the molecule is C[C@@H]1Oc2ccccc2N(CCC(=O)NCCc2cccc(F)c2)C1=O. The Hall–Kier alpha value is -2.89. The van der Waals surface area contributed by atoms with E-state index in [1.54, 1.807) is 24.0 Å². The van der Waals surface area contributed by atoms with E-state index < -0.39 is 6.10 Å². The summed E-state index contributed by atoms with van der Waals surface area (Å²) in [5.74, 6) is 0.0562. The van der Waals surface area contributed by atoms with Gasteiger partial charge in [0.1, 0.15) is 11.6 Å². The monoisotopic (exact) mass is 356 g/mol. The number of carbonyl (C=O) groups excluding carboxylic acids is 2. The van der Waals surface area contributed by atoms with Crippen molar-refractivity contribution in [1.82, 2.24) is 5.32 Å². The normalized spacial score (nSPS) is 16.0. The molecule has 0 saturated heterocycles. The topological polar surface area (TPSA) is 58.6 Å². The van der Waals surface area contributed by atoms with E-state index in [0.717, 1.165) is 5.56 Å². The van der Waals surface area contributed by atoms with Crippen LogP contribution in [-0.2, 0) is 16.0 Å². The van der Waals surface area contributed by atoms with Crippen LogP contribution in [0.25, 0.3) is 0 Å². The Morgan fingerprint density at radius 2 is 2.04 bits per heavy atom. The number of para-hydroxylation sites is 2. The van der Waals surface area contributed by atoms with Gasteiger partial charge in [0, 0.05) is 19.5 Å². The molecule has 5 nitrogen and oxygen atoms in total. The van der Waals surface area contributed by atoms with Gasteiger partial charge in [0.05, 0.1) is 5.69 Å². The van der Waals surface area contributed by atoms with Crippen LogP contribution in [0.1, 0.15) is 18.9 Å². The fraction of sp³-hybridized carbons (Fsp3) is 0.300. The molecule has 1 atom stereocenters. The number of benzene rings is 2. The minimum atomic E-state index is -0.569. The van der Waals surface area contributed by atoms with Gasteiger partial charge in [0.2, 0.25) is 5.91 Å². The molecular formula is C20H21FN2O3. The van der Waals surface area contributed by atoms with Crippen molar-refractivity contribution >= 4 is 17.5 Å². The molecule has 2 aromatic carbocycles. The van der Waals surface area contributed by atoms with Crippen molar-refractivity contribution in [1.29, 1.82) is 0 Å². The Bertz CT molecular complexity index is 809. The highest BCUT2D eigenvalue weighted by Crippen LogP contribution is 2.33. The molecule has 0 aliphatic carbocycles. The number of carbonyl (C=O) groups is 2. The van der Waals surface area contributed by atoms with Crippen molar-refractivity contribution in [3.8, 4) is 5.75 Å². The number of halogens is 1. The van der Waals surface area contributed by atoms with Gasteiger partial charge in [-0.2, -0.15) is 0 Å². The first-order valence-corrected chi connectivity index (χ1v) is 8.63. The standard InChI is InChI=1S/C20H21FN2O3/c1-14-20(25)23(17-7-2-3-8-18(17)26-14)12-10-19(24)22-11-9-15-5-4-6-16(21)13-15/h2-8,13-14H,9-12H2,1H3,(H,22,24)/t14-/m0/s1. The van der Waals surface area contributed by atoms with Gasteiger partial charge in [-0.1, -0.05) is 24.3 Å². The summed E-state index contributed by atoms with van der Waals surface area (Å²) in [4.78, 5) is 26.0. The first-order chi connectivity index (χ1) is 12.5. The van der Waals surface area contributed by atoms with E-state index in [1.165, 1.54) is 12.1 Å². The van der Waals surface area contributed by atoms with Crippen molar-refractivity contribution in [2.75, 3.05) is 18.0 Å². The summed E-state index contributed by atoms with van der Waals surface area (Å²) in [6, 6.07) is 13.6. The zero-order valence-electron chi connectivity index (χ0n) is 14.6. The fourth-order valence-corrected chi connectivity index (χ4v) is 2.93. The van der Waals surface area contributed by atoms with Gasteiger partial charge >= 0.3 is 0 Å². The van der Waals surface area contributed by atoms with E-state index in [0.29, 0.717) is 24.4 Å². The molecule has 0 unspecified atom stereocenters. The maximum absolute atomic E-state index is 13.1. The number of nitrogens with one attached hydrogen (secondary N) is 1. The van der Waals surface area contributed by atoms with Crippen LogP contribution in [0.15, 0.2) is 48.5 Å². The second-order valence-electron chi connectivity index (χ2n) is 6.20. The maximum atomic E-state index is 13.1. The van der Waals surface area contributed by atoms with Gasteiger partial charge in [0.15, 0.2) is 6.10 Å². The summed E-state index contributed by atoms with van der Waals surface area (Å²) < 4.78 is 18.7. The lowest BCUT2D eigenvalue weighted by molar-refractivity contribution is -0.125. The molecular weight excluding hydrogens is 335 g/mol. The zero-order valence-corrected chi connectivity index (χ0v) is 14.6. The van der Waals surface area contributed by atoms with Gasteiger partial charge in [0.25, 0.3) is 5.91 Å². The molecule has 1 N–H and O–H groups in total. The molecule has 2 aromatic rings. The van der Waals surface area contributed by atoms with Crippen LogP contribution in [-0.4, -0.2) is 31.0 Å². The van der Waals surface area contributed by atoms with Gasteiger partial charge < -0.3 is 15.0 Å². The van der Waals surface area contributed by atoms with E-state index >= 15 is 0 Å². The molecule has 3 rings (SSSR count). The Kier molecular flexibility index (Phi) is 5.51. The molecule has 136 valence electrons. The second-order valence-corrected chi connectivity index (χ2v) is 6.20. The van der Waals surface area contributed by atoms with E-state index in [9.17, 15) is 14.0 Å². The first kappa shape index (κ1) is 17.9. The highest BCUT2D eigenvalue weighted by atomic mass is 19.1. The molecule has 0 radical (unpaired) electrons. The summed E-state index contributed by atoms with van der Waals surface area (Å²) in [5.41, 5.74) is 1.51. The molecule has 26 heavy (non-hydrogen) atoms. The average molecular weight is 356 g/mol. The summed E-state index contributed by atoms with van der Waals surface area (Å²) >= 11 is 0. The number of fused-ring (bicyclic) bond motifs is 1. The van der Waals surface area contributed by atoms with Crippen LogP contribution >= 0.6 is 0 Å². The molecule has 0 bridgehead atoms. The lowest BCUT2D eigenvalue weighted by atomic mass is 10.1. The number of nitrogens with zero attached hydrogens (tertiary/aromatic N) is 1. The Morgan fingerprint density at radius 1 is 1.23 bits per heavy atom. The third kappa shape index (κ3) is 4.20. The van der Waals surface area contributed by atoms with Crippen molar-refractivity contribution in [3.05, 3.63) is 59.9 Å². The maximum Gasteiger partial charge on any atom is 0.267 e. The predicted octanol–water partition coefficient (Wildman–Crippen LogP) is 2.69. The molecule has 0 aromatic heterocycles. The predicted molar refractivity (Wildman–Crippen MR) is 96.6 cm³/mol. The number of ether oxygens (including phenoxy) is 1. The zero-order chi connectivity index (χ0) is 18.5. The quantitative estimate of drug-likeness (QED) is 0.866. The number of anilines is 1. The van der Waals surface area contributed by atoms with Crippen LogP contribution in [0, 0.1) is 5.82 Å². The Morgan fingerprint density at radius 3 is 2.85 bits per heavy atom. The molecule has 1 aliphatic rings. The molecule has 1 aliphatic heterocycles. The smallest absolute Gasteiger partial charge is 0.267 e. The number of amides is 2. The third-order valence-electron chi connectivity index (χ3n) is 4.26. The highest BCUT2D eigenvalue weighted by Gasteiger charge is 2.31. The Balaban J connectivity index is 1.52. The minimum absolute atomic E-state index is 0.147. The molecule has 0 spiro atoms. The third-order valence-corrected chi connectivity index (χ3v) is 4.26. The van der Waals surface area contributed by atoms with Crippen molar-refractivity contribution in [2.45, 2.75) is 25.9 Å². The number of hydrogen-bond donors (Lipinski definition) is 1. The van der Waals surface area contributed by atoms with E-state index in [1.807, 2.05) is 24.3 Å². The van der Waals surface area contributed by atoms with E-state index in [-0.39, 0.29) is 30.6 Å². The second kappa shape index (κ2) is 7.99. The van der Waals surface area contributed by atoms with Crippen LogP contribution in [0.4, 0.5) is 10.1 Å². The van der Waals surface area contributed by atoms with Crippen molar-refractivity contribution < 1.29 is 18.7 Å². The van der Waals surface area contributed by atoms with Crippen LogP contribution in [0.2, 0.25) is 0 Å². The number of hydrogen-bond acceptors (Lipinski definition) is 3. The molecule has 0 saturated carbocycles. The van der Waals surface area contributed by atoms with E-state index in [2.05, 4.69) is 5.32 Å². The molecule has 1 heterocycles. The van der Waals surface area contributed by atoms with Gasteiger partial charge in [-0.05, 0) is 43.2 Å². The summed E-state index contributed by atoms with van der Waals surface area (Å²) in [5, 5.41) is 2.81. The first-order valence-electron chi connectivity index (χ1n) is 8.63. The van der Waals surface area contributed by atoms with E-state index in [4.69, 9.17) is 4.74 Å².